The first-order valence-electron chi connectivity index (χ1n) is 16.4. The second-order valence-electron chi connectivity index (χ2n) is 12.8. The molecule has 13 heteroatoms. The van der Waals surface area contributed by atoms with Crippen LogP contribution in [0.2, 0.25) is 5.02 Å². The maximum absolute atomic E-state index is 12.8. The molecule has 5 aromatic rings. The molecular formula is C35H35BrClN7O4. The van der Waals surface area contributed by atoms with E-state index in [9.17, 15) is 4.79 Å². The van der Waals surface area contributed by atoms with Gasteiger partial charge in [0.1, 0.15) is 29.4 Å². The van der Waals surface area contributed by atoms with Crippen molar-refractivity contribution in [3.63, 3.8) is 0 Å². The highest BCUT2D eigenvalue weighted by molar-refractivity contribution is 9.10. The molecule has 1 saturated carbocycles. The number of benzene rings is 2. The second kappa shape index (κ2) is 12.8. The molecule has 4 atom stereocenters. The van der Waals surface area contributed by atoms with Gasteiger partial charge in [0.2, 0.25) is 0 Å². The molecule has 2 saturated heterocycles. The number of fused-ring (bicyclic) bond motifs is 2. The number of halogens is 2. The van der Waals surface area contributed by atoms with E-state index in [-0.39, 0.29) is 24.2 Å². The van der Waals surface area contributed by atoms with Crippen LogP contribution in [0.4, 0.5) is 10.6 Å². The van der Waals surface area contributed by atoms with Gasteiger partial charge in [-0.25, -0.2) is 19.4 Å². The lowest BCUT2D eigenvalue weighted by molar-refractivity contribution is -0.0368. The first kappa shape index (κ1) is 31.3. The molecule has 11 nitrogen and oxygen atoms in total. The van der Waals surface area contributed by atoms with E-state index in [1.807, 2.05) is 72.4 Å². The molecule has 0 radical (unpaired) electrons. The van der Waals surface area contributed by atoms with Crippen LogP contribution in [-0.4, -0.2) is 57.2 Å². The molecule has 2 aromatic carbocycles. The van der Waals surface area contributed by atoms with Gasteiger partial charge in [0, 0.05) is 47.8 Å². The van der Waals surface area contributed by atoms with Crippen molar-refractivity contribution in [1.29, 1.82) is 0 Å². The predicted molar refractivity (Wildman–Crippen MR) is 184 cm³/mol. The monoisotopic (exact) mass is 731 g/mol. The van der Waals surface area contributed by atoms with Crippen molar-refractivity contribution in [1.82, 2.24) is 30.2 Å². The van der Waals surface area contributed by atoms with E-state index in [2.05, 4.69) is 31.3 Å². The minimum absolute atomic E-state index is 0.211. The number of anilines is 1. The average molecular weight is 733 g/mol. The van der Waals surface area contributed by atoms with Crippen LogP contribution in [0.15, 0.2) is 69.8 Å². The van der Waals surface area contributed by atoms with Gasteiger partial charge in [0.25, 0.3) is 0 Å². The van der Waals surface area contributed by atoms with E-state index < -0.39 is 6.09 Å². The number of hydrogen-bond acceptors (Lipinski definition) is 9. The Morgan fingerprint density at radius 1 is 1.15 bits per heavy atom. The van der Waals surface area contributed by atoms with Gasteiger partial charge in [-0.1, -0.05) is 59.2 Å². The van der Waals surface area contributed by atoms with Crippen molar-refractivity contribution >= 4 is 50.6 Å². The largest absolute Gasteiger partial charge is 0.445 e. The van der Waals surface area contributed by atoms with E-state index in [4.69, 9.17) is 40.7 Å². The Hall–Kier alpha value is -4.00. The highest BCUT2D eigenvalue weighted by atomic mass is 79.9. The molecule has 1 amide bonds. The summed E-state index contributed by atoms with van der Waals surface area (Å²) in [6, 6.07) is 17.4. The summed E-state index contributed by atoms with van der Waals surface area (Å²) in [6.07, 6.45) is 4.99. The van der Waals surface area contributed by atoms with Gasteiger partial charge < -0.3 is 24.2 Å². The Bertz CT molecular complexity index is 1960. The van der Waals surface area contributed by atoms with Crippen LogP contribution in [-0.2, 0) is 21.5 Å². The molecule has 2 aliphatic heterocycles. The number of rotatable bonds is 8. The van der Waals surface area contributed by atoms with E-state index in [0.717, 1.165) is 71.6 Å². The Morgan fingerprint density at radius 2 is 2.02 bits per heavy atom. The number of nitrogens with zero attached hydrogens (tertiary/aromatic N) is 6. The summed E-state index contributed by atoms with van der Waals surface area (Å²) in [5, 5.41) is 13.1. The first-order valence-corrected chi connectivity index (χ1v) is 17.5. The zero-order valence-electron chi connectivity index (χ0n) is 26.4. The number of ether oxygens (including phenoxy) is 2. The molecule has 248 valence electrons. The maximum Gasteiger partial charge on any atom is 0.407 e. The van der Waals surface area contributed by atoms with Crippen LogP contribution < -0.4 is 10.2 Å². The Kier molecular flexibility index (Phi) is 8.34. The molecule has 0 bridgehead atoms. The lowest BCUT2D eigenvalue weighted by Crippen LogP contribution is -2.36. The van der Waals surface area contributed by atoms with Crippen LogP contribution in [0, 0.1) is 18.8 Å². The number of nitrogens with one attached hydrogen (secondary N) is 1. The number of piperidine rings is 1. The second-order valence-corrected chi connectivity index (χ2v) is 14.1. The molecule has 1 N–H and O–H groups in total. The Morgan fingerprint density at radius 3 is 2.81 bits per heavy atom. The number of aryl methyl sites for hydroxylation is 1. The van der Waals surface area contributed by atoms with Gasteiger partial charge in [-0.05, 0) is 72.0 Å². The van der Waals surface area contributed by atoms with Gasteiger partial charge in [0.15, 0.2) is 11.9 Å². The molecule has 1 unspecified atom stereocenters. The van der Waals surface area contributed by atoms with Crippen LogP contribution in [0.25, 0.3) is 22.4 Å². The van der Waals surface area contributed by atoms with Crippen molar-refractivity contribution in [3.05, 3.63) is 87.3 Å². The van der Waals surface area contributed by atoms with Crippen molar-refractivity contribution in [3.8, 4) is 11.3 Å². The Balaban J connectivity index is 1.06. The van der Waals surface area contributed by atoms with Crippen LogP contribution in [0.5, 0.6) is 0 Å². The summed E-state index contributed by atoms with van der Waals surface area (Å²) >= 11 is 10.3. The fraction of sp³-hybridized carbons (Fsp3) is 0.400. The molecule has 0 spiro atoms. The van der Waals surface area contributed by atoms with Crippen LogP contribution in [0.1, 0.15) is 48.9 Å². The highest BCUT2D eigenvalue weighted by Gasteiger charge is 2.68. The zero-order valence-corrected chi connectivity index (χ0v) is 28.8. The Labute approximate surface area is 291 Å². The molecule has 8 rings (SSSR count). The number of hydrogen-bond donors (Lipinski definition) is 1. The molecule has 3 aliphatic rings. The molecule has 5 heterocycles. The fourth-order valence-electron chi connectivity index (χ4n) is 7.53. The van der Waals surface area contributed by atoms with Crippen molar-refractivity contribution < 1.29 is 18.8 Å². The van der Waals surface area contributed by atoms with E-state index >= 15 is 0 Å². The van der Waals surface area contributed by atoms with Crippen molar-refractivity contribution in [2.24, 2.45) is 11.8 Å². The lowest BCUT2D eigenvalue weighted by Gasteiger charge is -2.27. The summed E-state index contributed by atoms with van der Waals surface area (Å²) in [5.41, 5.74) is 4.25. The van der Waals surface area contributed by atoms with E-state index in [1.165, 1.54) is 0 Å². The molecule has 3 fully saturated rings. The SMILES string of the molecule is Cc1cc([C@@]2(CNC(=O)OCc3ccccc3)[C@@H]3CCN(c4cnc5c(-c6cccc(Br)c6Cl)nn(C6CCCCO6)c5n4)C[C@@H]32)no1. The van der Waals surface area contributed by atoms with Crippen molar-refractivity contribution in [2.45, 2.75) is 50.9 Å². The van der Waals surface area contributed by atoms with Gasteiger partial charge in [-0.15, -0.1) is 0 Å². The number of carbonyl (C=O) groups is 1. The quantitative estimate of drug-likeness (QED) is 0.176. The van der Waals surface area contributed by atoms with E-state index in [0.29, 0.717) is 40.9 Å². The average Bonchev–Trinajstić information content (AvgIpc) is 3.34. The van der Waals surface area contributed by atoms with Crippen molar-refractivity contribution in [2.75, 3.05) is 31.1 Å². The molecular weight excluding hydrogens is 698 g/mol. The lowest BCUT2D eigenvalue weighted by atomic mass is 9.96. The summed E-state index contributed by atoms with van der Waals surface area (Å²) in [5.74, 6) is 2.07. The minimum atomic E-state index is -0.449. The molecule has 48 heavy (non-hydrogen) atoms. The summed E-state index contributed by atoms with van der Waals surface area (Å²) in [6.45, 7) is 4.71. The zero-order chi connectivity index (χ0) is 32.8. The maximum atomic E-state index is 12.8. The summed E-state index contributed by atoms with van der Waals surface area (Å²) in [4.78, 5) is 25.2. The topological polar surface area (TPSA) is 120 Å². The number of alkyl carbamates (subject to hydrolysis) is 1. The predicted octanol–water partition coefficient (Wildman–Crippen LogP) is 7.23. The third-order valence-electron chi connectivity index (χ3n) is 10.0. The number of carbonyl (C=O) groups excluding carboxylic acids is 1. The normalized spacial score (nSPS) is 23.6. The molecule has 1 aliphatic carbocycles. The fourth-order valence-corrected chi connectivity index (χ4v) is 8.12. The standard InChI is InChI=1S/C35H35BrClN7O4/c1-21-16-27(42-48-21)35(20-39-34(45)47-19-22-8-3-2-4-9-22)24-13-14-43(18-25(24)35)28-17-38-32-31(23-10-7-11-26(36)30(23)37)41-44(33(32)40-28)29-12-5-6-15-46-29/h2-4,7-11,16-17,24-25,29H,5-6,12-15,18-20H2,1H3,(H,39,45)/t24-,25+,29?,35+/m1/s1. The van der Waals surface area contributed by atoms with Gasteiger partial charge >= 0.3 is 6.09 Å². The summed E-state index contributed by atoms with van der Waals surface area (Å²) < 4.78 is 19.9. The summed E-state index contributed by atoms with van der Waals surface area (Å²) in [7, 11) is 0. The third kappa shape index (κ3) is 5.63. The van der Waals surface area contributed by atoms with E-state index in [1.54, 1.807) is 0 Å². The highest BCUT2D eigenvalue weighted by Crippen LogP contribution is 2.63. The smallest absolute Gasteiger partial charge is 0.407 e. The number of aromatic nitrogens is 5. The van der Waals surface area contributed by atoms with Gasteiger partial charge in [0.05, 0.1) is 16.9 Å². The van der Waals surface area contributed by atoms with Gasteiger partial charge in [-0.2, -0.15) is 5.10 Å². The van der Waals surface area contributed by atoms with Crippen LogP contribution in [0.3, 0.4) is 0 Å². The molecule has 3 aromatic heterocycles. The van der Waals surface area contributed by atoms with Crippen LogP contribution >= 0.6 is 27.5 Å². The van der Waals surface area contributed by atoms with Gasteiger partial charge in [-0.3, -0.25) is 0 Å². The first-order chi connectivity index (χ1) is 23.4. The number of amides is 1. The minimum Gasteiger partial charge on any atom is -0.445 e. The third-order valence-corrected chi connectivity index (χ3v) is 11.3.